The molecule has 1 aliphatic heterocycles. The van der Waals surface area contributed by atoms with Crippen molar-refractivity contribution in [2.45, 2.75) is 33.6 Å². The fourth-order valence-corrected chi connectivity index (χ4v) is 4.21. The van der Waals surface area contributed by atoms with Gasteiger partial charge in [-0.25, -0.2) is 15.0 Å². The molecule has 3 heterocycles. The van der Waals surface area contributed by atoms with E-state index in [0.29, 0.717) is 10.4 Å². The predicted octanol–water partition coefficient (Wildman–Crippen LogP) is 5.46. The van der Waals surface area contributed by atoms with Gasteiger partial charge in [-0.15, -0.1) is 0 Å². The van der Waals surface area contributed by atoms with E-state index in [0.717, 1.165) is 47.6 Å². The van der Waals surface area contributed by atoms with Crippen LogP contribution in [0.1, 0.15) is 33.6 Å². The Balaban J connectivity index is 1.70. The lowest BCUT2D eigenvalue weighted by molar-refractivity contribution is 0.198. The van der Waals surface area contributed by atoms with Crippen molar-refractivity contribution in [3.8, 4) is 22.6 Å². The van der Waals surface area contributed by atoms with Crippen LogP contribution in [0.25, 0.3) is 22.6 Å². The highest BCUT2D eigenvalue weighted by Gasteiger charge is 2.30. The van der Waals surface area contributed by atoms with Crippen LogP contribution in [0.15, 0.2) is 42.9 Å². The van der Waals surface area contributed by atoms with Crippen molar-refractivity contribution in [1.29, 1.82) is 0 Å². The largest absolute Gasteiger partial charge is 0.341 e. The van der Waals surface area contributed by atoms with Gasteiger partial charge in [0.15, 0.2) is 0 Å². The molecule has 0 atom stereocenters. The van der Waals surface area contributed by atoms with Crippen molar-refractivity contribution in [1.82, 2.24) is 19.5 Å². The third kappa shape index (κ3) is 4.15. The van der Waals surface area contributed by atoms with Gasteiger partial charge in [-0.2, -0.15) is 0 Å². The molecule has 0 radical (unpaired) electrons. The molecule has 5 nitrogen and oxygen atoms in total. The minimum absolute atomic E-state index is 0.351. The number of hydrogen-bond donors (Lipinski definition) is 0. The van der Waals surface area contributed by atoms with Crippen molar-refractivity contribution in [3.05, 3.63) is 47.9 Å². The second-order valence-electron chi connectivity index (χ2n) is 8.93. The molecule has 0 bridgehead atoms. The van der Waals surface area contributed by atoms with Gasteiger partial charge in [-0.1, -0.05) is 44.5 Å². The van der Waals surface area contributed by atoms with Gasteiger partial charge in [0.25, 0.3) is 0 Å². The maximum atomic E-state index is 6.11. The van der Waals surface area contributed by atoms with E-state index in [1.807, 2.05) is 48.3 Å². The van der Waals surface area contributed by atoms with Crippen LogP contribution in [0, 0.1) is 11.3 Å². The van der Waals surface area contributed by atoms with Gasteiger partial charge in [-0.3, -0.25) is 0 Å². The molecule has 0 N–H and O–H groups in total. The average Bonchev–Trinajstić information content (AvgIpc) is 3.13. The first-order valence-electron chi connectivity index (χ1n) is 10.2. The Kier molecular flexibility index (Phi) is 5.34. The first-order valence-corrected chi connectivity index (χ1v) is 10.6. The first kappa shape index (κ1) is 19.9. The summed E-state index contributed by atoms with van der Waals surface area (Å²) in [6.45, 7) is 8.99. The zero-order valence-electron chi connectivity index (χ0n) is 17.6. The summed E-state index contributed by atoms with van der Waals surface area (Å²) in [6.07, 6.45) is 7.98. The van der Waals surface area contributed by atoms with E-state index in [1.54, 1.807) is 6.20 Å². The molecule has 0 amide bonds. The number of anilines is 1. The third-order valence-electron chi connectivity index (χ3n) is 5.96. The van der Waals surface area contributed by atoms with Gasteiger partial charge in [-0.05, 0) is 36.3 Å². The van der Waals surface area contributed by atoms with Crippen LogP contribution in [0.4, 0.5) is 5.95 Å². The Hall–Kier alpha value is -2.40. The minimum atomic E-state index is 0.351. The summed E-state index contributed by atoms with van der Waals surface area (Å²) in [4.78, 5) is 16.5. The zero-order valence-corrected chi connectivity index (χ0v) is 18.3. The summed E-state index contributed by atoms with van der Waals surface area (Å²) >= 11 is 6.11. The maximum absolute atomic E-state index is 6.11. The number of aryl methyl sites for hydroxylation is 1. The normalized spacial score (nSPS) is 15.7. The van der Waals surface area contributed by atoms with Gasteiger partial charge in [0.1, 0.15) is 5.82 Å². The van der Waals surface area contributed by atoms with E-state index in [2.05, 4.69) is 30.7 Å². The van der Waals surface area contributed by atoms with E-state index < -0.39 is 0 Å². The van der Waals surface area contributed by atoms with Gasteiger partial charge in [0.2, 0.25) is 5.95 Å². The lowest BCUT2D eigenvalue weighted by Gasteiger charge is -2.38. The van der Waals surface area contributed by atoms with Crippen molar-refractivity contribution < 1.29 is 0 Å². The molecule has 152 valence electrons. The van der Waals surface area contributed by atoms with Crippen LogP contribution < -0.4 is 4.90 Å². The minimum Gasteiger partial charge on any atom is -0.341 e. The number of piperidine rings is 1. The highest BCUT2D eigenvalue weighted by atomic mass is 35.5. The summed E-state index contributed by atoms with van der Waals surface area (Å²) in [5.74, 6) is 2.38. The van der Waals surface area contributed by atoms with E-state index in [1.165, 1.54) is 12.8 Å². The number of nitrogens with zero attached hydrogens (tertiary/aromatic N) is 5. The van der Waals surface area contributed by atoms with Crippen LogP contribution >= 0.6 is 11.6 Å². The Morgan fingerprint density at radius 1 is 1.03 bits per heavy atom. The summed E-state index contributed by atoms with van der Waals surface area (Å²) in [6, 6.07) is 7.81. The molecule has 4 rings (SSSR count). The summed E-state index contributed by atoms with van der Waals surface area (Å²) < 4.78 is 1.99. The van der Waals surface area contributed by atoms with Crippen molar-refractivity contribution in [2.75, 3.05) is 18.0 Å². The van der Waals surface area contributed by atoms with Gasteiger partial charge >= 0.3 is 0 Å². The highest BCUT2D eigenvalue weighted by Crippen LogP contribution is 2.36. The predicted molar refractivity (Wildman–Crippen MR) is 119 cm³/mol. The van der Waals surface area contributed by atoms with Crippen LogP contribution in [0.3, 0.4) is 0 Å². The number of hydrogen-bond acceptors (Lipinski definition) is 4. The monoisotopic (exact) mass is 409 g/mol. The van der Waals surface area contributed by atoms with Crippen LogP contribution in [-0.4, -0.2) is 32.6 Å². The van der Waals surface area contributed by atoms with E-state index in [4.69, 9.17) is 21.6 Å². The second kappa shape index (κ2) is 7.79. The van der Waals surface area contributed by atoms with Crippen molar-refractivity contribution in [3.63, 3.8) is 0 Å². The standard InChI is InChI=1S/C23H28ClN5/c1-23(2,3)17-9-12-29(13-10-17)22-26-15-19(21-25-11-14-28(21)4)20(27-22)16-5-7-18(24)8-6-16/h5-8,11,14-15,17H,9-10,12-13H2,1-4H3. The summed E-state index contributed by atoms with van der Waals surface area (Å²) in [5, 5.41) is 0.714. The molecule has 3 aromatic rings. The average molecular weight is 410 g/mol. The molecular formula is C23H28ClN5. The zero-order chi connectivity index (χ0) is 20.6. The second-order valence-corrected chi connectivity index (χ2v) is 9.36. The fourth-order valence-electron chi connectivity index (χ4n) is 4.09. The topological polar surface area (TPSA) is 46.8 Å². The molecule has 6 heteroatoms. The summed E-state index contributed by atoms with van der Waals surface area (Å²) in [7, 11) is 1.99. The van der Waals surface area contributed by atoms with E-state index in [9.17, 15) is 0 Å². The Morgan fingerprint density at radius 2 is 1.72 bits per heavy atom. The maximum Gasteiger partial charge on any atom is 0.225 e. The number of benzene rings is 1. The lowest BCUT2D eigenvalue weighted by Crippen LogP contribution is -2.38. The molecule has 0 aliphatic carbocycles. The molecule has 29 heavy (non-hydrogen) atoms. The Labute approximate surface area is 177 Å². The number of imidazole rings is 1. The SMILES string of the molecule is Cn1ccnc1-c1cnc(N2CCC(C(C)(C)C)CC2)nc1-c1ccc(Cl)cc1. The van der Waals surface area contributed by atoms with Crippen LogP contribution in [0.5, 0.6) is 0 Å². The van der Waals surface area contributed by atoms with Crippen molar-refractivity contribution in [2.24, 2.45) is 18.4 Å². The lowest BCUT2D eigenvalue weighted by atomic mass is 9.75. The van der Waals surface area contributed by atoms with Crippen LogP contribution in [-0.2, 0) is 7.05 Å². The Morgan fingerprint density at radius 3 is 2.31 bits per heavy atom. The molecule has 0 spiro atoms. The van der Waals surface area contributed by atoms with Gasteiger partial charge < -0.3 is 9.47 Å². The molecule has 1 fully saturated rings. The highest BCUT2D eigenvalue weighted by molar-refractivity contribution is 6.30. The molecule has 2 aromatic heterocycles. The fraction of sp³-hybridized carbons (Fsp3) is 0.435. The number of halogens is 1. The summed E-state index contributed by atoms with van der Waals surface area (Å²) in [5.41, 5.74) is 3.18. The molecular weight excluding hydrogens is 382 g/mol. The smallest absolute Gasteiger partial charge is 0.225 e. The molecule has 1 aliphatic rings. The van der Waals surface area contributed by atoms with Crippen molar-refractivity contribution >= 4 is 17.5 Å². The van der Waals surface area contributed by atoms with Gasteiger partial charge in [0, 0.05) is 49.3 Å². The third-order valence-corrected chi connectivity index (χ3v) is 6.21. The molecule has 0 unspecified atom stereocenters. The van der Waals surface area contributed by atoms with Gasteiger partial charge in [0.05, 0.1) is 11.3 Å². The number of rotatable bonds is 3. The molecule has 1 saturated heterocycles. The van der Waals surface area contributed by atoms with E-state index in [-0.39, 0.29) is 0 Å². The van der Waals surface area contributed by atoms with E-state index >= 15 is 0 Å². The molecule has 1 aromatic carbocycles. The molecule has 0 saturated carbocycles. The number of aromatic nitrogens is 4. The van der Waals surface area contributed by atoms with Crippen LogP contribution in [0.2, 0.25) is 5.02 Å². The quantitative estimate of drug-likeness (QED) is 0.576. The first-order chi connectivity index (χ1) is 13.8. The Bertz CT molecular complexity index is 979.